The molecule has 1 fully saturated rings. The van der Waals surface area contributed by atoms with Gasteiger partial charge in [0.1, 0.15) is 5.82 Å². The molecule has 1 saturated carbocycles. The monoisotopic (exact) mass is 258 g/mol. The molecule has 0 aromatic carbocycles. The number of imidazole rings is 1. The summed E-state index contributed by atoms with van der Waals surface area (Å²) in [7, 11) is 1.78. The number of hydrogen-bond donors (Lipinski definition) is 1. The molecule has 2 aromatic heterocycles. The van der Waals surface area contributed by atoms with Crippen LogP contribution in [-0.4, -0.2) is 27.7 Å². The van der Waals surface area contributed by atoms with Crippen molar-refractivity contribution in [3.05, 3.63) is 30.9 Å². The topological polar surface area (TPSA) is 66.0 Å². The fourth-order valence-corrected chi connectivity index (χ4v) is 2.90. The van der Waals surface area contributed by atoms with Gasteiger partial charge in [0.05, 0.1) is 30.4 Å². The normalized spacial score (nSPS) is 22.8. The van der Waals surface area contributed by atoms with Crippen LogP contribution in [0.2, 0.25) is 0 Å². The number of nitrogens with zero attached hydrogens (tertiary/aromatic N) is 3. The van der Waals surface area contributed by atoms with Gasteiger partial charge in [-0.1, -0.05) is 0 Å². The van der Waals surface area contributed by atoms with Crippen molar-refractivity contribution in [2.24, 2.45) is 0 Å². The Morgan fingerprint density at radius 2 is 2.32 bits per heavy atom. The van der Waals surface area contributed by atoms with E-state index >= 15 is 0 Å². The van der Waals surface area contributed by atoms with Crippen LogP contribution in [0.25, 0.3) is 11.3 Å². The summed E-state index contributed by atoms with van der Waals surface area (Å²) < 4.78 is 7.78. The van der Waals surface area contributed by atoms with E-state index in [1.807, 2.05) is 24.7 Å². The summed E-state index contributed by atoms with van der Waals surface area (Å²) in [6.07, 6.45) is 9.18. The number of hydrogen-bond acceptors (Lipinski definition) is 4. The van der Waals surface area contributed by atoms with Gasteiger partial charge in [-0.3, -0.25) is 0 Å². The number of pyridine rings is 1. The minimum absolute atomic E-state index is 0.270. The van der Waals surface area contributed by atoms with Crippen molar-refractivity contribution >= 4 is 5.82 Å². The first-order chi connectivity index (χ1) is 9.29. The van der Waals surface area contributed by atoms with Gasteiger partial charge in [0, 0.05) is 18.9 Å². The summed E-state index contributed by atoms with van der Waals surface area (Å²) >= 11 is 0. The van der Waals surface area contributed by atoms with E-state index in [9.17, 15) is 0 Å². The van der Waals surface area contributed by atoms with Crippen molar-refractivity contribution in [3.8, 4) is 11.3 Å². The van der Waals surface area contributed by atoms with Gasteiger partial charge in [-0.25, -0.2) is 9.97 Å². The van der Waals surface area contributed by atoms with E-state index in [-0.39, 0.29) is 6.10 Å². The minimum Gasteiger partial charge on any atom is -0.384 e. The summed E-state index contributed by atoms with van der Waals surface area (Å²) in [6.45, 7) is 0. The first-order valence-corrected chi connectivity index (χ1v) is 6.56. The summed E-state index contributed by atoms with van der Waals surface area (Å²) in [6, 6.07) is 4.20. The molecule has 100 valence electrons. The molecule has 0 aliphatic heterocycles. The Bertz CT molecular complexity index is 566. The van der Waals surface area contributed by atoms with Gasteiger partial charge in [-0.15, -0.1) is 0 Å². The highest BCUT2D eigenvalue weighted by Crippen LogP contribution is 2.35. The number of aromatic nitrogens is 3. The predicted octanol–water partition coefficient (Wildman–Crippen LogP) is 2.27. The molecule has 5 nitrogen and oxygen atoms in total. The lowest BCUT2D eigenvalue weighted by Crippen LogP contribution is -2.20. The van der Waals surface area contributed by atoms with E-state index in [1.54, 1.807) is 13.3 Å². The van der Waals surface area contributed by atoms with Crippen LogP contribution in [0.1, 0.15) is 25.3 Å². The molecule has 2 atom stereocenters. The fraction of sp³-hybridized carbons (Fsp3) is 0.429. The first-order valence-electron chi connectivity index (χ1n) is 6.56. The summed E-state index contributed by atoms with van der Waals surface area (Å²) in [4.78, 5) is 8.32. The van der Waals surface area contributed by atoms with Crippen LogP contribution >= 0.6 is 0 Å². The van der Waals surface area contributed by atoms with Crippen LogP contribution in [0.15, 0.2) is 30.9 Å². The molecular weight excluding hydrogens is 240 g/mol. The lowest BCUT2D eigenvalue weighted by atomic mass is 10.1. The van der Waals surface area contributed by atoms with Crippen molar-refractivity contribution in [1.29, 1.82) is 0 Å². The van der Waals surface area contributed by atoms with Crippen molar-refractivity contribution in [2.75, 3.05) is 12.8 Å². The average molecular weight is 258 g/mol. The van der Waals surface area contributed by atoms with Crippen LogP contribution in [-0.2, 0) is 4.74 Å². The zero-order chi connectivity index (χ0) is 13.2. The highest BCUT2D eigenvalue weighted by molar-refractivity contribution is 5.61. The molecule has 2 unspecified atom stereocenters. The number of rotatable bonds is 3. The molecule has 3 rings (SSSR count). The van der Waals surface area contributed by atoms with Gasteiger partial charge in [0.25, 0.3) is 0 Å². The maximum Gasteiger partial charge on any atom is 0.123 e. The van der Waals surface area contributed by atoms with E-state index in [2.05, 4.69) is 14.5 Å². The molecule has 0 saturated heterocycles. The van der Waals surface area contributed by atoms with Crippen molar-refractivity contribution in [3.63, 3.8) is 0 Å². The molecule has 0 amide bonds. The second kappa shape index (κ2) is 5.01. The van der Waals surface area contributed by atoms with Crippen molar-refractivity contribution < 1.29 is 4.74 Å². The lowest BCUT2D eigenvalue weighted by Gasteiger charge is -2.22. The maximum absolute atomic E-state index is 5.76. The molecule has 5 heteroatoms. The molecule has 2 aromatic rings. The Labute approximate surface area is 112 Å². The molecule has 1 aliphatic carbocycles. The summed E-state index contributed by atoms with van der Waals surface area (Å²) in [5.74, 6) is 0.528. The molecule has 0 bridgehead atoms. The quantitative estimate of drug-likeness (QED) is 0.917. The van der Waals surface area contributed by atoms with Crippen LogP contribution in [0, 0.1) is 0 Å². The average Bonchev–Trinajstić information content (AvgIpc) is 3.06. The van der Waals surface area contributed by atoms with Crippen LogP contribution < -0.4 is 5.73 Å². The zero-order valence-electron chi connectivity index (χ0n) is 11.0. The number of nitrogens with two attached hydrogens (primary N) is 1. The summed E-state index contributed by atoms with van der Waals surface area (Å²) in [5, 5.41) is 0. The standard InChI is InChI=1S/C14H18N4O/c1-19-13-4-2-3-11(13)18-9-16-8-12(18)10-5-6-17-14(15)7-10/h5-9,11,13H,2-4H2,1H3,(H2,15,17). The van der Waals surface area contributed by atoms with Crippen LogP contribution in [0.4, 0.5) is 5.82 Å². The van der Waals surface area contributed by atoms with Crippen LogP contribution in [0.3, 0.4) is 0 Å². The van der Waals surface area contributed by atoms with Crippen LogP contribution in [0.5, 0.6) is 0 Å². The van der Waals surface area contributed by atoms with E-state index in [1.165, 1.54) is 6.42 Å². The second-order valence-electron chi connectivity index (χ2n) is 4.93. The van der Waals surface area contributed by atoms with Gasteiger partial charge in [-0.2, -0.15) is 0 Å². The van der Waals surface area contributed by atoms with Gasteiger partial charge < -0.3 is 15.0 Å². The summed E-state index contributed by atoms with van der Waals surface area (Å²) in [5.41, 5.74) is 7.88. The van der Waals surface area contributed by atoms with Gasteiger partial charge >= 0.3 is 0 Å². The molecule has 2 heterocycles. The minimum atomic E-state index is 0.270. The fourth-order valence-electron chi connectivity index (χ4n) is 2.90. The van der Waals surface area contributed by atoms with Gasteiger partial charge in [-0.05, 0) is 31.4 Å². The number of ether oxygens (including phenoxy) is 1. The number of anilines is 1. The largest absolute Gasteiger partial charge is 0.384 e. The zero-order valence-corrected chi connectivity index (χ0v) is 11.0. The Hall–Kier alpha value is -1.88. The predicted molar refractivity (Wildman–Crippen MR) is 73.6 cm³/mol. The van der Waals surface area contributed by atoms with E-state index in [4.69, 9.17) is 10.5 Å². The second-order valence-corrected chi connectivity index (χ2v) is 4.93. The Morgan fingerprint density at radius 1 is 1.42 bits per heavy atom. The van der Waals surface area contributed by atoms with E-state index < -0.39 is 0 Å². The molecule has 0 spiro atoms. The molecule has 19 heavy (non-hydrogen) atoms. The maximum atomic E-state index is 5.76. The van der Waals surface area contributed by atoms with Gasteiger partial charge in [0.15, 0.2) is 0 Å². The first kappa shape index (κ1) is 12.2. The highest BCUT2D eigenvalue weighted by Gasteiger charge is 2.29. The van der Waals surface area contributed by atoms with E-state index in [0.717, 1.165) is 24.1 Å². The SMILES string of the molecule is COC1CCCC1n1cncc1-c1ccnc(N)c1. The molecular formula is C14H18N4O. The third kappa shape index (κ3) is 2.21. The van der Waals surface area contributed by atoms with Crippen molar-refractivity contribution in [1.82, 2.24) is 14.5 Å². The van der Waals surface area contributed by atoms with Gasteiger partial charge in [0.2, 0.25) is 0 Å². The lowest BCUT2D eigenvalue weighted by molar-refractivity contribution is 0.0754. The smallest absolute Gasteiger partial charge is 0.123 e. The molecule has 2 N–H and O–H groups in total. The Balaban J connectivity index is 1.98. The van der Waals surface area contributed by atoms with E-state index in [0.29, 0.717) is 11.9 Å². The highest BCUT2D eigenvalue weighted by atomic mass is 16.5. The number of nitrogen functional groups attached to an aromatic ring is 1. The van der Waals surface area contributed by atoms with Crippen molar-refractivity contribution in [2.45, 2.75) is 31.4 Å². The Kier molecular flexibility index (Phi) is 3.21. The Morgan fingerprint density at radius 3 is 3.11 bits per heavy atom. The third-order valence-corrected chi connectivity index (χ3v) is 3.82. The molecule has 0 radical (unpaired) electrons. The molecule has 1 aliphatic rings. The third-order valence-electron chi connectivity index (χ3n) is 3.82. The number of methoxy groups -OCH3 is 1.